The predicted octanol–water partition coefficient (Wildman–Crippen LogP) is -7.66. The molecule has 0 bridgehead atoms. The van der Waals surface area contributed by atoms with E-state index in [-0.39, 0.29) is 59.1 Å². The molecule has 0 aliphatic rings. The van der Waals surface area contributed by atoms with Crippen molar-refractivity contribution in [1.82, 2.24) is 0 Å². The molecule has 0 aromatic carbocycles. The van der Waals surface area contributed by atoms with Gasteiger partial charge in [0.25, 0.3) is 0 Å². The van der Waals surface area contributed by atoms with E-state index in [4.69, 9.17) is 10.2 Å². The van der Waals surface area contributed by atoms with Gasteiger partial charge in [-0.15, -0.1) is 0 Å². The van der Waals surface area contributed by atoms with Crippen LogP contribution in [-0.4, -0.2) is 0 Å². The first-order valence-corrected chi connectivity index (χ1v) is 1.01. The summed E-state index contributed by atoms with van der Waals surface area (Å²) in [4.78, 5) is 0. The Labute approximate surface area is 86.5 Å². The van der Waals surface area contributed by atoms with Crippen LogP contribution in [0.4, 0.5) is 0 Å². The van der Waals surface area contributed by atoms with Crippen LogP contribution in [0.5, 0.6) is 0 Å². The van der Waals surface area contributed by atoms with Crippen molar-refractivity contribution >= 4 is 0 Å². The van der Waals surface area contributed by atoms with Crippen LogP contribution in [0.3, 0.4) is 0 Å². The molecule has 0 radical (unpaired) electrons. The van der Waals surface area contributed by atoms with E-state index in [1.807, 2.05) is 0 Å². The minimum absolute atomic E-state index is 0. The molecule has 0 saturated carbocycles. The van der Waals surface area contributed by atoms with Gasteiger partial charge < -0.3 is 10.2 Å². The van der Waals surface area contributed by atoms with Gasteiger partial charge in [0.15, 0.2) is 0 Å². The first-order valence-electron chi connectivity index (χ1n) is 1.01. The second-order valence-corrected chi connectivity index (χ2v) is 0.464. The SMILES string of the molecule is C=C=C([O-])[O-].[Na+].[Na+]. The van der Waals surface area contributed by atoms with Gasteiger partial charge in [-0.2, -0.15) is 11.7 Å². The van der Waals surface area contributed by atoms with E-state index in [9.17, 15) is 0 Å². The van der Waals surface area contributed by atoms with Crippen LogP contribution in [0.25, 0.3) is 0 Å². The Morgan fingerprint density at radius 1 is 1.29 bits per heavy atom. The fourth-order valence-electron chi connectivity index (χ4n) is 0. The monoisotopic (exact) mass is 116 g/mol. The van der Waals surface area contributed by atoms with Crippen molar-refractivity contribution < 1.29 is 69.3 Å². The van der Waals surface area contributed by atoms with Crippen molar-refractivity contribution in [2.75, 3.05) is 0 Å². The third-order valence-electron chi connectivity index (χ3n) is 0.144. The summed E-state index contributed by atoms with van der Waals surface area (Å²) in [5.41, 5.74) is 1.58. The summed E-state index contributed by atoms with van der Waals surface area (Å²) in [5, 5.41) is 18.2. The largest absolute Gasteiger partial charge is 1.00 e. The van der Waals surface area contributed by atoms with Crippen LogP contribution in [0, 0.1) is 0 Å². The average Bonchev–Trinajstić information content (AvgIpc) is 1.38. The molecule has 2 nitrogen and oxygen atoms in total. The van der Waals surface area contributed by atoms with E-state index in [1.165, 1.54) is 0 Å². The maximum absolute atomic E-state index is 9.08. The van der Waals surface area contributed by atoms with Crippen LogP contribution in [0.2, 0.25) is 0 Å². The van der Waals surface area contributed by atoms with Crippen LogP contribution >= 0.6 is 0 Å². The Bertz CT molecular complexity index is 71.0. The maximum Gasteiger partial charge on any atom is 1.00 e. The summed E-state index contributed by atoms with van der Waals surface area (Å²) >= 11 is 0. The van der Waals surface area contributed by atoms with Crippen LogP contribution in [0.15, 0.2) is 18.3 Å². The molecular formula is C3H2Na2O2. The standard InChI is InChI=1S/C3H4O2.2Na/c1-2-3(4)5;;/h4-5H,1H2;;/q;2*+1/p-2. The van der Waals surface area contributed by atoms with Gasteiger partial charge in [-0.05, 0) is 0 Å². The van der Waals surface area contributed by atoms with E-state index in [0.717, 1.165) is 0 Å². The molecule has 0 heterocycles. The molecule has 7 heavy (non-hydrogen) atoms. The van der Waals surface area contributed by atoms with Gasteiger partial charge in [0.1, 0.15) is 0 Å². The molecular weight excluding hydrogens is 114 g/mol. The van der Waals surface area contributed by atoms with Crippen molar-refractivity contribution in [1.29, 1.82) is 0 Å². The molecule has 0 spiro atoms. The third-order valence-corrected chi connectivity index (χ3v) is 0.144. The molecule has 0 atom stereocenters. The van der Waals surface area contributed by atoms with Gasteiger partial charge in [0.05, 0.1) is 0 Å². The Kier molecular flexibility index (Phi) is 22.8. The van der Waals surface area contributed by atoms with E-state index in [2.05, 4.69) is 6.58 Å². The zero-order valence-corrected chi connectivity index (χ0v) is 8.52. The molecule has 0 amide bonds. The maximum atomic E-state index is 9.08. The van der Waals surface area contributed by atoms with E-state index < -0.39 is 5.95 Å². The van der Waals surface area contributed by atoms with Crippen LogP contribution < -0.4 is 69.3 Å². The molecule has 28 valence electrons. The Morgan fingerprint density at radius 3 is 1.43 bits per heavy atom. The van der Waals surface area contributed by atoms with Gasteiger partial charge in [0.2, 0.25) is 0 Å². The second-order valence-electron chi connectivity index (χ2n) is 0.464. The molecule has 0 N–H and O–H groups in total. The van der Waals surface area contributed by atoms with E-state index in [1.54, 1.807) is 5.73 Å². The van der Waals surface area contributed by atoms with Gasteiger partial charge in [0, 0.05) is 0 Å². The molecule has 0 saturated heterocycles. The molecule has 0 fully saturated rings. The van der Waals surface area contributed by atoms with Gasteiger partial charge >= 0.3 is 59.1 Å². The minimum Gasteiger partial charge on any atom is -0.878 e. The van der Waals surface area contributed by atoms with Crippen molar-refractivity contribution in [3.63, 3.8) is 0 Å². The third kappa shape index (κ3) is 19.2. The summed E-state index contributed by atoms with van der Waals surface area (Å²) in [5.74, 6) is -1.36. The normalized spacial score (nSPS) is 4.00. The van der Waals surface area contributed by atoms with Crippen molar-refractivity contribution in [3.8, 4) is 0 Å². The zero-order valence-electron chi connectivity index (χ0n) is 4.52. The van der Waals surface area contributed by atoms with Crippen molar-refractivity contribution in [3.05, 3.63) is 18.3 Å². The van der Waals surface area contributed by atoms with Crippen LogP contribution in [-0.2, 0) is 0 Å². The summed E-state index contributed by atoms with van der Waals surface area (Å²) in [6, 6.07) is 0. The fourth-order valence-corrected chi connectivity index (χ4v) is 0. The summed E-state index contributed by atoms with van der Waals surface area (Å²) in [7, 11) is 0. The molecule has 0 rings (SSSR count). The second kappa shape index (κ2) is 10.2. The first-order chi connectivity index (χ1) is 2.27. The quantitative estimate of drug-likeness (QED) is 0.179. The van der Waals surface area contributed by atoms with Gasteiger partial charge in [-0.3, -0.25) is 0 Å². The topological polar surface area (TPSA) is 46.1 Å². The summed E-state index contributed by atoms with van der Waals surface area (Å²) in [6.45, 7) is 2.77. The number of hydrogen-bond acceptors (Lipinski definition) is 2. The Morgan fingerprint density at radius 2 is 1.43 bits per heavy atom. The molecule has 0 aromatic heterocycles. The van der Waals surface area contributed by atoms with Gasteiger partial charge in [-0.25, -0.2) is 0 Å². The number of hydrogen-bond donors (Lipinski definition) is 0. The summed E-state index contributed by atoms with van der Waals surface area (Å²) in [6.07, 6.45) is 0. The molecule has 0 unspecified atom stereocenters. The molecule has 0 aliphatic heterocycles. The minimum atomic E-state index is -1.36. The molecule has 0 aromatic rings. The molecule has 0 aliphatic carbocycles. The molecule has 4 heteroatoms. The predicted molar refractivity (Wildman–Crippen MR) is 12.7 cm³/mol. The van der Waals surface area contributed by atoms with E-state index >= 15 is 0 Å². The summed E-state index contributed by atoms with van der Waals surface area (Å²) < 4.78 is 0. The zero-order chi connectivity index (χ0) is 4.28. The number of rotatable bonds is 0. The van der Waals surface area contributed by atoms with Crippen molar-refractivity contribution in [2.45, 2.75) is 0 Å². The Hall–Kier alpha value is 1.12. The Balaban J connectivity index is -0.0000000800. The average molecular weight is 116 g/mol. The smallest absolute Gasteiger partial charge is 0.878 e. The fraction of sp³-hybridized carbons (Fsp3) is 0. The van der Waals surface area contributed by atoms with Crippen molar-refractivity contribution in [2.24, 2.45) is 0 Å². The van der Waals surface area contributed by atoms with E-state index in [0.29, 0.717) is 0 Å². The van der Waals surface area contributed by atoms with Gasteiger partial charge in [-0.1, -0.05) is 6.58 Å². The first kappa shape index (κ1) is 15.7. The van der Waals surface area contributed by atoms with Crippen LogP contribution in [0.1, 0.15) is 0 Å².